The second-order valence-corrected chi connectivity index (χ2v) is 9.38. The van der Waals surface area contributed by atoms with Gasteiger partial charge in [0.2, 0.25) is 5.88 Å². The van der Waals surface area contributed by atoms with Gasteiger partial charge in [0, 0.05) is 61.1 Å². The molecular weight excluding hydrogens is 476 g/mol. The summed E-state index contributed by atoms with van der Waals surface area (Å²) in [4.78, 5) is 12.9. The van der Waals surface area contributed by atoms with Crippen molar-refractivity contribution in [1.82, 2.24) is 14.9 Å². The van der Waals surface area contributed by atoms with E-state index >= 15 is 0 Å². The highest BCUT2D eigenvalue weighted by atomic mass is 16.5. The zero-order valence-electron chi connectivity index (χ0n) is 24.1. The molecule has 8 nitrogen and oxygen atoms in total. The van der Waals surface area contributed by atoms with Crippen molar-refractivity contribution in [1.29, 1.82) is 0 Å². The maximum absolute atomic E-state index is 6.12. The molecule has 208 valence electrons. The Balaban J connectivity index is 0.00000195. The smallest absolute Gasteiger partial charge is 0.215 e. The molecule has 0 amide bonds. The lowest BCUT2D eigenvalue weighted by molar-refractivity contribution is 0.0320. The number of benzene rings is 1. The summed E-state index contributed by atoms with van der Waals surface area (Å²) in [6, 6.07) is 10.4. The number of nitrogens with zero attached hydrogens (tertiary/aromatic N) is 4. The summed E-state index contributed by atoms with van der Waals surface area (Å²) in [5.74, 6) is 0.638. The first-order valence-electron chi connectivity index (χ1n) is 14.1. The van der Waals surface area contributed by atoms with Gasteiger partial charge in [-0.05, 0) is 56.5 Å². The number of ether oxygens (including phenoxy) is 2. The molecule has 0 spiro atoms. The number of aromatic nitrogens is 2. The largest absolute Gasteiger partial charge is 0.476 e. The van der Waals surface area contributed by atoms with Crippen molar-refractivity contribution in [2.24, 2.45) is 5.10 Å². The van der Waals surface area contributed by atoms with Gasteiger partial charge in [0.25, 0.3) is 0 Å². The lowest BCUT2D eigenvalue weighted by atomic mass is 10.1. The third-order valence-corrected chi connectivity index (χ3v) is 6.62. The van der Waals surface area contributed by atoms with Crippen LogP contribution in [-0.4, -0.2) is 73.6 Å². The van der Waals surface area contributed by atoms with Crippen LogP contribution in [0.15, 0.2) is 35.4 Å². The van der Waals surface area contributed by atoms with Crippen LogP contribution in [0.3, 0.4) is 0 Å². The molecule has 1 saturated heterocycles. The van der Waals surface area contributed by atoms with E-state index in [0.29, 0.717) is 12.5 Å². The predicted molar refractivity (Wildman–Crippen MR) is 160 cm³/mol. The van der Waals surface area contributed by atoms with Crippen LogP contribution in [0.2, 0.25) is 0 Å². The average molecular weight is 523 g/mol. The molecule has 0 saturated carbocycles. The van der Waals surface area contributed by atoms with Crippen LogP contribution in [-0.2, 0) is 4.74 Å². The van der Waals surface area contributed by atoms with E-state index in [4.69, 9.17) is 14.5 Å². The van der Waals surface area contributed by atoms with Gasteiger partial charge in [0.05, 0.1) is 30.8 Å². The van der Waals surface area contributed by atoms with Gasteiger partial charge in [-0.1, -0.05) is 27.7 Å². The molecule has 38 heavy (non-hydrogen) atoms. The maximum atomic E-state index is 6.12. The molecule has 0 radical (unpaired) electrons. The first-order valence-corrected chi connectivity index (χ1v) is 14.1. The molecule has 1 aromatic carbocycles. The Morgan fingerprint density at radius 2 is 1.84 bits per heavy atom. The van der Waals surface area contributed by atoms with E-state index in [2.05, 4.69) is 77.3 Å². The second kappa shape index (κ2) is 15.3. The Labute approximate surface area is 228 Å². The molecule has 0 unspecified atom stereocenters. The summed E-state index contributed by atoms with van der Waals surface area (Å²) >= 11 is 0. The van der Waals surface area contributed by atoms with Gasteiger partial charge in [-0.15, -0.1) is 0 Å². The number of aryl methyl sites for hydroxylation is 2. The molecule has 1 aliphatic heterocycles. The molecule has 0 bridgehead atoms. The van der Waals surface area contributed by atoms with Crippen LogP contribution in [0.4, 0.5) is 11.4 Å². The summed E-state index contributed by atoms with van der Waals surface area (Å²) in [6.45, 7) is 19.6. The van der Waals surface area contributed by atoms with E-state index in [1.165, 1.54) is 16.6 Å². The molecular formula is C30H46N6O2. The van der Waals surface area contributed by atoms with Crippen molar-refractivity contribution in [2.75, 3.05) is 62.9 Å². The Hall–Kier alpha value is -3.10. The van der Waals surface area contributed by atoms with Crippen LogP contribution in [0.1, 0.15) is 57.5 Å². The number of anilines is 2. The molecule has 0 aliphatic carbocycles. The van der Waals surface area contributed by atoms with Gasteiger partial charge in [-0.3, -0.25) is 10.3 Å². The number of nitrogens with one attached hydrogen (secondary N) is 2. The molecule has 3 aromatic rings. The Morgan fingerprint density at radius 1 is 1.11 bits per heavy atom. The number of hydrogen-bond acceptors (Lipinski definition) is 7. The van der Waals surface area contributed by atoms with Gasteiger partial charge in [0.15, 0.2) is 0 Å². The summed E-state index contributed by atoms with van der Waals surface area (Å²) in [7, 11) is 0. The summed E-state index contributed by atoms with van der Waals surface area (Å²) in [6.07, 6.45) is 3.94. The van der Waals surface area contributed by atoms with Crippen LogP contribution >= 0.6 is 0 Å². The number of hydrogen-bond donors (Lipinski definition) is 2. The van der Waals surface area contributed by atoms with Gasteiger partial charge < -0.3 is 19.4 Å². The second-order valence-electron chi connectivity index (χ2n) is 9.38. The van der Waals surface area contributed by atoms with Gasteiger partial charge in [-0.2, -0.15) is 5.10 Å². The van der Waals surface area contributed by atoms with Crippen LogP contribution in [0, 0.1) is 13.8 Å². The lowest BCUT2D eigenvalue weighted by Gasteiger charge is -2.26. The predicted octanol–water partition coefficient (Wildman–Crippen LogP) is 5.99. The molecule has 3 heterocycles. The van der Waals surface area contributed by atoms with Crippen molar-refractivity contribution < 1.29 is 9.47 Å². The zero-order valence-corrected chi connectivity index (χ0v) is 24.1. The van der Waals surface area contributed by atoms with Crippen molar-refractivity contribution >= 4 is 28.5 Å². The Morgan fingerprint density at radius 3 is 2.55 bits per heavy atom. The number of aromatic amines is 1. The molecule has 1 aliphatic rings. The average Bonchev–Trinajstić information content (AvgIpc) is 3.23. The monoisotopic (exact) mass is 522 g/mol. The minimum Gasteiger partial charge on any atom is -0.476 e. The quantitative estimate of drug-likeness (QED) is 0.225. The zero-order chi connectivity index (χ0) is 27.3. The first kappa shape index (κ1) is 29.5. The first-order chi connectivity index (χ1) is 18.6. The summed E-state index contributed by atoms with van der Waals surface area (Å²) in [5.41, 5.74) is 9.60. The fourth-order valence-corrected chi connectivity index (χ4v) is 4.55. The Bertz CT molecular complexity index is 1150. The number of H-pyrrole nitrogens is 1. The molecule has 1 fully saturated rings. The highest BCUT2D eigenvalue weighted by Crippen LogP contribution is 2.25. The number of pyridine rings is 1. The fraction of sp³-hybridized carbons (Fsp3) is 0.533. The van der Waals surface area contributed by atoms with Gasteiger partial charge >= 0.3 is 0 Å². The summed E-state index contributed by atoms with van der Waals surface area (Å²) in [5, 5.41) is 5.71. The van der Waals surface area contributed by atoms with Crippen LogP contribution in [0.25, 0.3) is 10.9 Å². The highest BCUT2D eigenvalue weighted by molar-refractivity contribution is 5.87. The Kier molecular flexibility index (Phi) is 11.9. The van der Waals surface area contributed by atoms with E-state index in [1.807, 2.05) is 19.9 Å². The number of hydrazone groups is 1. The molecule has 2 N–H and O–H groups in total. The van der Waals surface area contributed by atoms with E-state index in [0.717, 1.165) is 81.4 Å². The molecule has 0 atom stereocenters. The van der Waals surface area contributed by atoms with E-state index < -0.39 is 0 Å². The van der Waals surface area contributed by atoms with Crippen molar-refractivity contribution in [3.63, 3.8) is 0 Å². The minimum absolute atomic E-state index is 0.599. The van der Waals surface area contributed by atoms with E-state index in [1.54, 1.807) is 6.21 Å². The van der Waals surface area contributed by atoms with Crippen molar-refractivity contribution in [3.8, 4) is 5.88 Å². The highest BCUT2D eigenvalue weighted by Gasteiger charge is 2.12. The number of morpholine rings is 1. The van der Waals surface area contributed by atoms with Crippen LogP contribution < -0.4 is 15.1 Å². The minimum atomic E-state index is 0.599. The van der Waals surface area contributed by atoms with Gasteiger partial charge in [-0.25, -0.2) is 4.98 Å². The van der Waals surface area contributed by atoms with Crippen molar-refractivity contribution in [3.05, 3.63) is 47.3 Å². The topological polar surface area (TPSA) is 78.0 Å². The number of rotatable bonds is 12. The van der Waals surface area contributed by atoms with E-state index in [9.17, 15) is 0 Å². The maximum Gasteiger partial charge on any atom is 0.215 e. The summed E-state index contributed by atoms with van der Waals surface area (Å²) < 4.78 is 11.6. The van der Waals surface area contributed by atoms with Crippen LogP contribution in [0.5, 0.6) is 5.88 Å². The van der Waals surface area contributed by atoms with Crippen molar-refractivity contribution in [2.45, 2.75) is 54.4 Å². The molecule has 4 rings (SSSR count). The number of fused-ring (bicyclic) bond motifs is 1. The molecule has 8 heteroatoms. The van der Waals surface area contributed by atoms with E-state index in [-0.39, 0.29) is 0 Å². The van der Waals surface area contributed by atoms with Gasteiger partial charge in [0.1, 0.15) is 6.61 Å². The normalized spacial score (nSPS) is 13.9. The fourth-order valence-electron chi connectivity index (χ4n) is 4.55. The SMILES string of the molecule is CC.CCCN(CCC)c1cc(/C=N/Nc2ccc3[nH]c(C)c(C)c3c2)nc(OCCN2CCOCC2)c1. The lowest BCUT2D eigenvalue weighted by Crippen LogP contribution is -2.38. The molecule has 2 aromatic heterocycles. The third kappa shape index (κ3) is 8.20. The standard InChI is InChI=1S/C28H40N6O2.C2H6/c1-5-9-34(10-6-2)25-17-24(31-28(19-25)36-16-13-33-11-14-35-15-12-33)20-29-32-23-7-8-27-26(18-23)21(3)22(4)30-27;1-2/h7-8,17-20,30,32H,5-6,9-16H2,1-4H3;1-2H3/b29-20+;. The third-order valence-electron chi connectivity index (χ3n) is 6.62.